The van der Waals surface area contributed by atoms with E-state index in [2.05, 4.69) is 26.2 Å². The molecule has 0 bridgehead atoms. The Bertz CT molecular complexity index is 240. The van der Waals surface area contributed by atoms with Gasteiger partial charge in [-0.05, 0) is 38.5 Å². The fourth-order valence-electron chi connectivity index (χ4n) is 2.06. The molecule has 0 aromatic heterocycles. The summed E-state index contributed by atoms with van der Waals surface area (Å²) in [5.41, 5.74) is -0.0526. The molecule has 0 radical (unpaired) electrons. The maximum Gasteiger partial charge on any atom is 0.146 e. The Morgan fingerprint density at radius 1 is 1.22 bits per heavy atom. The predicted molar refractivity (Wildman–Crippen MR) is 84.7 cm³/mol. The summed E-state index contributed by atoms with van der Waals surface area (Å²) in [4.78, 5) is 0. The summed E-state index contributed by atoms with van der Waals surface area (Å²) < 4.78 is 5.59. The summed E-state index contributed by atoms with van der Waals surface area (Å²) in [6, 6.07) is 0. The van der Waals surface area contributed by atoms with Gasteiger partial charge in [0, 0.05) is 5.25 Å². The van der Waals surface area contributed by atoms with Crippen molar-refractivity contribution in [2.45, 2.75) is 83.0 Å². The Balaban J connectivity index is 3.81. The molecule has 0 rings (SSSR count). The summed E-state index contributed by atoms with van der Waals surface area (Å²) in [6.45, 7) is 6.51. The average molecular weight is 288 g/mol. The van der Waals surface area contributed by atoms with Crippen LogP contribution in [0.5, 0.6) is 0 Å². The molecule has 0 heterocycles. The number of hydrogen-bond donors (Lipinski definition) is 0. The molecular weight excluding hydrogens is 258 g/mol. The minimum atomic E-state index is -0.0526. The molecule has 0 spiro atoms. The fraction of sp³-hybridized carbons (Fsp3) is 0.929. The van der Waals surface area contributed by atoms with Gasteiger partial charge in [-0.25, -0.2) is 0 Å². The van der Waals surface area contributed by atoms with Gasteiger partial charge in [0.25, 0.3) is 0 Å². The first kappa shape index (κ1) is 18.0. The first-order valence-corrected chi connectivity index (χ1v) is 8.85. The van der Waals surface area contributed by atoms with E-state index in [1.54, 1.807) is 0 Å². The lowest BCUT2D eigenvalue weighted by Crippen LogP contribution is -2.27. The highest BCUT2D eigenvalue weighted by Gasteiger charge is 2.22. The average Bonchev–Trinajstić information content (AvgIpc) is 2.33. The van der Waals surface area contributed by atoms with Crippen LogP contribution in [-0.4, -0.2) is 21.3 Å². The second kappa shape index (κ2) is 10.9. The van der Waals surface area contributed by atoms with Crippen LogP contribution in [0.2, 0.25) is 0 Å². The Hall–Kier alpha value is 0.0169. The number of unbranched alkanes of at least 4 members (excludes halogenated alkanes) is 5. The lowest BCUT2D eigenvalue weighted by Gasteiger charge is -2.27. The molecule has 2 nitrogen and oxygen atoms in total. The van der Waals surface area contributed by atoms with E-state index in [0.717, 1.165) is 23.3 Å². The van der Waals surface area contributed by atoms with Crippen molar-refractivity contribution in [3.63, 3.8) is 0 Å². The smallest absolute Gasteiger partial charge is 0.146 e. The van der Waals surface area contributed by atoms with Gasteiger partial charge in [0.2, 0.25) is 0 Å². The van der Waals surface area contributed by atoms with Gasteiger partial charge in [-0.1, -0.05) is 45.4 Å². The molecule has 0 saturated heterocycles. The summed E-state index contributed by atoms with van der Waals surface area (Å²) in [6.07, 6.45) is 10.1. The third-order valence-electron chi connectivity index (χ3n) is 3.37. The van der Waals surface area contributed by atoms with Gasteiger partial charge in [0.1, 0.15) is 15.9 Å². The van der Waals surface area contributed by atoms with Crippen molar-refractivity contribution >= 4 is 22.2 Å². The van der Waals surface area contributed by atoms with E-state index in [9.17, 15) is 0 Å². The zero-order valence-electron chi connectivity index (χ0n) is 12.5. The van der Waals surface area contributed by atoms with Gasteiger partial charge in [0.05, 0.1) is 5.60 Å². The van der Waals surface area contributed by atoms with E-state index in [1.807, 2.05) is 0 Å². The largest absolute Gasteiger partial charge is 0.423 e. The molecule has 0 amide bonds. The highest BCUT2D eigenvalue weighted by molar-refractivity contribution is 8.04. The first-order chi connectivity index (χ1) is 8.55. The molecule has 0 aliphatic rings. The van der Waals surface area contributed by atoms with Crippen molar-refractivity contribution in [2.24, 2.45) is 0 Å². The first-order valence-electron chi connectivity index (χ1n) is 7.15. The van der Waals surface area contributed by atoms with E-state index in [0.29, 0.717) is 5.25 Å². The molecular formula is C14H29NOSSi. The van der Waals surface area contributed by atoms with E-state index < -0.39 is 0 Å². The summed E-state index contributed by atoms with van der Waals surface area (Å²) in [5, 5.41) is 11.5. The number of thiocyanates is 1. The standard InChI is InChI=1S/C14H29NOSSi/c1-4-5-6-7-8-9-10-13(17-12-15)11-14(2,3)16-18/h13H,4-11H2,1-3,18H3. The van der Waals surface area contributed by atoms with E-state index in [1.165, 1.54) is 50.3 Å². The fourth-order valence-corrected chi connectivity index (χ4v) is 3.15. The molecule has 4 heteroatoms. The number of hydrogen-bond acceptors (Lipinski definition) is 3. The number of thioether (sulfide) groups is 1. The van der Waals surface area contributed by atoms with Crippen molar-refractivity contribution in [3.8, 4) is 5.40 Å². The second-order valence-corrected chi connectivity index (χ2v) is 7.05. The second-order valence-electron chi connectivity index (χ2n) is 5.56. The monoisotopic (exact) mass is 287 g/mol. The number of nitrogens with zero attached hydrogens (tertiary/aromatic N) is 1. The van der Waals surface area contributed by atoms with Crippen LogP contribution < -0.4 is 0 Å². The van der Waals surface area contributed by atoms with Crippen molar-refractivity contribution in [1.82, 2.24) is 0 Å². The van der Waals surface area contributed by atoms with Crippen molar-refractivity contribution in [1.29, 1.82) is 5.26 Å². The highest BCUT2D eigenvalue weighted by atomic mass is 32.2. The molecule has 106 valence electrons. The van der Waals surface area contributed by atoms with Crippen LogP contribution in [0.4, 0.5) is 0 Å². The molecule has 0 aliphatic heterocycles. The number of rotatable bonds is 11. The minimum absolute atomic E-state index is 0.0526. The van der Waals surface area contributed by atoms with Crippen LogP contribution in [-0.2, 0) is 4.43 Å². The zero-order chi connectivity index (χ0) is 13.9. The van der Waals surface area contributed by atoms with E-state index in [4.69, 9.17) is 9.69 Å². The lowest BCUT2D eigenvalue weighted by molar-refractivity contribution is 0.111. The third-order valence-corrected chi connectivity index (χ3v) is 5.32. The molecule has 1 unspecified atom stereocenters. The van der Waals surface area contributed by atoms with Crippen LogP contribution in [0.25, 0.3) is 0 Å². The van der Waals surface area contributed by atoms with E-state index >= 15 is 0 Å². The Labute approximate surface area is 120 Å². The molecule has 0 aromatic rings. The summed E-state index contributed by atoms with van der Waals surface area (Å²) >= 11 is 1.43. The van der Waals surface area contributed by atoms with Crippen LogP contribution in [0.1, 0.15) is 72.1 Å². The van der Waals surface area contributed by atoms with Gasteiger partial charge in [-0.3, -0.25) is 0 Å². The maximum atomic E-state index is 8.86. The normalized spacial score (nSPS) is 13.4. The Morgan fingerprint density at radius 3 is 2.39 bits per heavy atom. The van der Waals surface area contributed by atoms with Crippen LogP contribution >= 0.6 is 11.8 Å². The summed E-state index contributed by atoms with van der Waals surface area (Å²) in [5.74, 6) is 0. The molecule has 0 N–H and O–H groups in total. The lowest BCUT2D eigenvalue weighted by atomic mass is 9.99. The van der Waals surface area contributed by atoms with Gasteiger partial charge < -0.3 is 4.43 Å². The maximum absolute atomic E-state index is 8.86. The molecule has 0 aromatic carbocycles. The number of nitriles is 1. The third kappa shape index (κ3) is 9.99. The van der Waals surface area contributed by atoms with Gasteiger partial charge in [0.15, 0.2) is 0 Å². The molecule has 0 saturated carbocycles. The van der Waals surface area contributed by atoms with Crippen LogP contribution in [0.3, 0.4) is 0 Å². The SMILES string of the molecule is CCCCCCCCC(CC(C)(C)O[SiH3])SC#N. The van der Waals surface area contributed by atoms with Crippen molar-refractivity contribution < 1.29 is 4.43 Å². The zero-order valence-corrected chi connectivity index (χ0v) is 15.3. The molecule has 1 atom stereocenters. The molecule has 0 aliphatic carbocycles. The topological polar surface area (TPSA) is 33.0 Å². The van der Waals surface area contributed by atoms with Crippen molar-refractivity contribution in [3.05, 3.63) is 0 Å². The quantitative estimate of drug-likeness (QED) is 0.329. The van der Waals surface area contributed by atoms with Crippen LogP contribution in [0.15, 0.2) is 0 Å². The van der Waals surface area contributed by atoms with Gasteiger partial charge in [-0.2, -0.15) is 5.26 Å². The minimum Gasteiger partial charge on any atom is -0.423 e. The van der Waals surface area contributed by atoms with Gasteiger partial charge in [-0.15, -0.1) is 0 Å². The van der Waals surface area contributed by atoms with Gasteiger partial charge >= 0.3 is 0 Å². The predicted octanol–water partition coefficient (Wildman–Crippen LogP) is 3.79. The van der Waals surface area contributed by atoms with Crippen molar-refractivity contribution in [2.75, 3.05) is 0 Å². The molecule has 18 heavy (non-hydrogen) atoms. The summed E-state index contributed by atoms with van der Waals surface area (Å²) in [7, 11) is 0.771. The molecule has 0 fully saturated rings. The Kier molecular flexibility index (Phi) is 10.9. The Morgan fingerprint density at radius 2 is 1.83 bits per heavy atom. The van der Waals surface area contributed by atoms with E-state index in [-0.39, 0.29) is 5.60 Å². The van der Waals surface area contributed by atoms with Crippen LogP contribution in [0, 0.1) is 10.7 Å². The highest BCUT2D eigenvalue weighted by Crippen LogP contribution is 2.27.